The highest BCUT2D eigenvalue weighted by molar-refractivity contribution is 5.91. The van der Waals surface area contributed by atoms with Gasteiger partial charge in [-0.1, -0.05) is 36.4 Å². The molecule has 12 heteroatoms. The molecule has 4 amide bonds. The Kier molecular flexibility index (Phi) is 9.17. The number of likely N-dealkylation sites (N-methyl/N-ethyl adjacent to an activating group) is 1. The van der Waals surface area contributed by atoms with E-state index in [0.29, 0.717) is 5.56 Å². The molecule has 2 saturated heterocycles. The van der Waals surface area contributed by atoms with Crippen molar-refractivity contribution < 1.29 is 33.0 Å². The topological polar surface area (TPSA) is 106 Å². The minimum Gasteiger partial charge on any atom is -0.508 e. The van der Waals surface area contributed by atoms with E-state index in [9.17, 15) is 28.3 Å². The van der Waals surface area contributed by atoms with E-state index in [0.717, 1.165) is 11.1 Å². The fraction of sp³-hybridized carbons (Fsp3) is 0.323. The van der Waals surface area contributed by atoms with Crippen LogP contribution in [0.4, 0.5) is 13.6 Å². The number of aromatic hydroxyl groups is 1. The van der Waals surface area contributed by atoms with Crippen LogP contribution in [0.25, 0.3) is 0 Å². The fourth-order valence-corrected chi connectivity index (χ4v) is 5.37. The molecule has 0 radical (unpaired) electrons. The van der Waals surface area contributed by atoms with Crippen LogP contribution in [-0.4, -0.2) is 88.3 Å². The normalized spacial score (nSPS) is 19.0. The van der Waals surface area contributed by atoms with Gasteiger partial charge in [0.25, 0.3) is 0 Å². The Morgan fingerprint density at radius 2 is 1.53 bits per heavy atom. The standard InChI is InChI=1S/C31H33F2N5O5/c1-35-19-29(40)37-27(16-21-6-12-26(39)13-7-21)30(41)36(14-15-43-20-23-4-10-25(33)11-5-23)18-28(37)38(35)31(42)34-17-22-2-8-24(32)9-3-22/h2-13,27-28,39H,14-20H2,1H3,(H,34,42)/t27-,28-/m0/s1. The molecule has 3 aromatic rings. The first-order valence-corrected chi connectivity index (χ1v) is 13.9. The van der Waals surface area contributed by atoms with Gasteiger partial charge in [-0.05, 0) is 53.1 Å². The van der Waals surface area contributed by atoms with Gasteiger partial charge in [-0.3, -0.25) is 9.59 Å². The number of rotatable bonds is 9. The average molecular weight is 594 g/mol. The van der Waals surface area contributed by atoms with E-state index in [1.54, 1.807) is 48.3 Å². The number of halogens is 2. The van der Waals surface area contributed by atoms with Gasteiger partial charge in [0, 0.05) is 26.6 Å². The van der Waals surface area contributed by atoms with Crippen LogP contribution in [0.3, 0.4) is 0 Å². The van der Waals surface area contributed by atoms with Gasteiger partial charge in [0.05, 0.1) is 26.3 Å². The molecule has 2 heterocycles. The van der Waals surface area contributed by atoms with Crippen LogP contribution >= 0.6 is 0 Å². The maximum Gasteiger partial charge on any atom is 0.334 e. The minimum absolute atomic E-state index is 0.0604. The van der Waals surface area contributed by atoms with Crippen LogP contribution in [0.1, 0.15) is 16.7 Å². The number of urea groups is 1. The zero-order valence-corrected chi connectivity index (χ0v) is 23.7. The van der Waals surface area contributed by atoms with Crippen molar-refractivity contribution in [3.8, 4) is 5.75 Å². The largest absolute Gasteiger partial charge is 0.508 e. The lowest BCUT2D eigenvalue weighted by Gasteiger charge is -2.54. The number of fused-ring (bicyclic) bond motifs is 1. The lowest BCUT2D eigenvalue weighted by Crippen LogP contribution is -2.76. The van der Waals surface area contributed by atoms with Crippen LogP contribution in [-0.2, 0) is 33.9 Å². The van der Waals surface area contributed by atoms with E-state index in [-0.39, 0.29) is 75.0 Å². The van der Waals surface area contributed by atoms with E-state index in [1.165, 1.54) is 51.3 Å². The Morgan fingerprint density at radius 1 is 0.930 bits per heavy atom. The molecular formula is C31H33F2N5O5. The molecule has 2 N–H and O–H groups in total. The van der Waals surface area contributed by atoms with Crippen LogP contribution in [0, 0.1) is 11.6 Å². The Morgan fingerprint density at radius 3 is 2.19 bits per heavy atom. The maximum absolute atomic E-state index is 13.8. The van der Waals surface area contributed by atoms with Gasteiger partial charge in [-0.15, -0.1) is 0 Å². The summed E-state index contributed by atoms with van der Waals surface area (Å²) in [6.07, 6.45) is -0.611. The van der Waals surface area contributed by atoms with Crippen molar-refractivity contribution in [1.29, 1.82) is 0 Å². The van der Waals surface area contributed by atoms with Crippen LogP contribution in [0.15, 0.2) is 72.8 Å². The molecule has 0 saturated carbocycles. The quantitative estimate of drug-likeness (QED) is 0.370. The maximum atomic E-state index is 13.8. The molecule has 2 fully saturated rings. The van der Waals surface area contributed by atoms with Gasteiger partial charge in [-0.2, -0.15) is 0 Å². The van der Waals surface area contributed by atoms with Gasteiger partial charge in [0.1, 0.15) is 29.6 Å². The first-order valence-electron chi connectivity index (χ1n) is 13.9. The second-order valence-corrected chi connectivity index (χ2v) is 10.6. The van der Waals surface area contributed by atoms with Gasteiger partial charge in [0.2, 0.25) is 11.8 Å². The van der Waals surface area contributed by atoms with E-state index >= 15 is 0 Å². The zero-order valence-electron chi connectivity index (χ0n) is 23.7. The van der Waals surface area contributed by atoms with Crippen molar-refractivity contribution in [3.63, 3.8) is 0 Å². The second kappa shape index (κ2) is 13.2. The molecule has 0 spiro atoms. The Balaban J connectivity index is 1.34. The highest BCUT2D eigenvalue weighted by atomic mass is 19.1. The molecule has 5 rings (SSSR count). The predicted octanol–water partition coefficient (Wildman–Crippen LogP) is 2.87. The number of carbonyl (C=O) groups excluding carboxylic acids is 3. The number of phenols is 1. The van der Waals surface area contributed by atoms with E-state index < -0.39 is 18.2 Å². The first kappa shape index (κ1) is 29.9. The summed E-state index contributed by atoms with van der Waals surface area (Å²) >= 11 is 0. The molecule has 0 bridgehead atoms. The van der Waals surface area contributed by atoms with Crippen LogP contribution in [0.2, 0.25) is 0 Å². The van der Waals surface area contributed by atoms with Gasteiger partial charge in [-0.25, -0.2) is 23.6 Å². The summed E-state index contributed by atoms with van der Waals surface area (Å²) in [5, 5.41) is 15.5. The minimum atomic E-state index is -0.894. The Bertz CT molecular complexity index is 1440. The number of amides is 4. The number of phenolic OH excluding ortho intramolecular Hbond substituents is 1. The molecule has 0 aromatic heterocycles. The molecule has 2 atom stereocenters. The second-order valence-electron chi connectivity index (χ2n) is 10.6. The number of hydrogen-bond acceptors (Lipinski definition) is 6. The Hall–Kier alpha value is -4.55. The molecule has 3 aromatic carbocycles. The summed E-state index contributed by atoms with van der Waals surface area (Å²) in [5.41, 5.74) is 2.22. The van der Waals surface area contributed by atoms with Gasteiger partial charge >= 0.3 is 6.03 Å². The summed E-state index contributed by atoms with van der Waals surface area (Å²) in [6, 6.07) is 16.8. The number of ether oxygens (including phenoxy) is 1. The van der Waals surface area contributed by atoms with Crippen molar-refractivity contribution in [3.05, 3.63) is 101 Å². The third-order valence-electron chi connectivity index (χ3n) is 7.56. The Labute approximate surface area is 248 Å². The van der Waals surface area contributed by atoms with E-state index in [1.807, 2.05) is 0 Å². The summed E-state index contributed by atoms with van der Waals surface area (Å²) in [6.45, 7) is 0.710. The molecule has 10 nitrogen and oxygen atoms in total. The molecular weight excluding hydrogens is 560 g/mol. The number of nitrogens with zero attached hydrogens (tertiary/aromatic N) is 4. The molecule has 0 aliphatic carbocycles. The molecule has 2 aliphatic rings. The summed E-state index contributed by atoms with van der Waals surface area (Å²) in [5.74, 6) is -1.21. The molecule has 226 valence electrons. The third kappa shape index (κ3) is 7.09. The van der Waals surface area contributed by atoms with Crippen molar-refractivity contribution in [2.24, 2.45) is 0 Å². The SMILES string of the molecule is CN1CC(=O)N2[C@@H](Cc3ccc(O)cc3)C(=O)N(CCOCc3ccc(F)cc3)C[C@@H]2N1C(=O)NCc1ccc(F)cc1. The summed E-state index contributed by atoms with van der Waals surface area (Å²) in [7, 11) is 1.63. The smallest absolute Gasteiger partial charge is 0.334 e. The fourth-order valence-electron chi connectivity index (χ4n) is 5.37. The van der Waals surface area contributed by atoms with E-state index in [2.05, 4.69) is 5.32 Å². The average Bonchev–Trinajstić information content (AvgIpc) is 2.98. The number of hydrazine groups is 1. The first-order chi connectivity index (χ1) is 20.7. The number of benzene rings is 3. The molecule has 43 heavy (non-hydrogen) atoms. The van der Waals surface area contributed by atoms with Gasteiger partial charge in [0.15, 0.2) is 0 Å². The predicted molar refractivity (Wildman–Crippen MR) is 152 cm³/mol. The van der Waals surface area contributed by atoms with Crippen LogP contribution in [0.5, 0.6) is 5.75 Å². The third-order valence-corrected chi connectivity index (χ3v) is 7.56. The number of hydrogen-bond donors (Lipinski definition) is 2. The lowest BCUT2D eigenvalue weighted by molar-refractivity contribution is -0.187. The highest BCUT2D eigenvalue weighted by Gasteiger charge is 2.50. The van der Waals surface area contributed by atoms with Crippen molar-refractivity contribution in [2.45, 2.75) is 31.8 Å². The summed E-state index contributed by atoms with van der Waals surface area (Å²) < 4.78 is 32.3. The van der Waals surface area contributed by atoms with Crippen molar-refractivity contribution >= 4 is 17.8 Å². The summed E-state index contributed by atoms with van der Waals surface area (Å²) in [4.78, 5) is 43.8. The number of carbonyl (C=O) groups is 3. The van der Waals surface area contributed by atoms with Crippen molar-refractivity contribution in [2.75, 3.05) is 33.3 Å². The number of piperazine rings is 1. The number of nitrogens with one attached hydrogen (secondary N) is 1. The van der Waals surface area contributed by atoms with Gasteiger partial charge < -0.3 is 25.0 Å². The van der Waals surface area contributed by atoms with Crippen LogP contribution < -0.4 is 5.32 Å². The zero-order chi connectivity index (χ0) is 30.5. The molecule has 2 aliphatic heterocycles. The monoisotopic (exact) mass is 593 g/mol. The lowest BCUT2D eigenvalue weighted by atomic mass is 9.98. The molecule has 0 unspecified atom stereocenters. The van der Waals surface area contributed by atoms with Crippen molar-refractivity contribution in [1.82, 2.24) is 25.1 Å². The van der Waals surface area contributed by atoms with E-state index in [4.69, 9.17) is 4.74 Å². The highest BCUT2D eigenvalue weighted by Crippen LogP contribution is 2.28.